The number of tetrazole rings is 1. The van der Waals surface area contributed by atoms with Gasteiger partial charge in [0.05, 0.1) is 6.04 Å². The van der Waals surface area contributed by atoms with E-state index in [2.05, 4.69) is 25.9 Å². The van der Waals surface area contributed by atoms with Crippen molar-refractivity contribution in [2.24, 2.45) is 5.73 Å². The summed E-state index contributed by atoms with van der Waals surface area (Å²) >= 11 is 0. The van der Waals surface area contributed by atoms with Crippen molar-refractivity contribution in [2.75, 3.05) is 6.54 Å². The summed E-state index contributed by atoms with van der Waals surface area (Å²) in [6.45, 7) is 2.12. The minimum atomic E-state index is -0.238. The number of H-pyrrole nitrogens is 1. The van der Waals surface area contributed by atoms with Crippen LogP contribution in [0.15, 0.2) is 0 Å². The molecule has 0 aliphatic carbocycles. The fourth-order valence-corrected chi connectivity index (χ4v) is 0.862. The third kappa shape index (κ3) is 2.79. The van der Waals surface area contributed by atoms with Gasteiger partial charge in [-0.05, 0) is 6.92 Å². The third-order valence-corrected chi connectivity index (χ3v) is 1.50. The zero-order valence-electron chi connectivity index (χ0n) is 7.32. The lowest BCUT2D eigenvalue weighted by molar-refractivity contribution is -0.121. The predicted molar refractivity (Wildman–Crippen MR) is 44.4 cm³/mol. The number of carbonyl (C=O) groups is 1. The second-order valence-corrected chi connectivity index (χ2v) is 2.60. The summed E-state index contributed by atoms with van der Waals surface area (Å²) in [6.07, 6.45) is 0.308. The predicted octanol–water partition coefficient (Wildman–Crippen LogP) is -1.27. The smallest absolute Gasteiger partial charge is 0.221 e. The van der Waals surface area contributed by atoms with E-state index in [-0.39, 0.29) is 11.9 Å². The molecule has 0 saturated heterocycles. The summed E-state index contributed by atoms with van der Waals surface area (Å²) in [6, 6.07) is -0.238. The standard InChI is InChI=1S/C6H12N6O/c1-4(6-9-11-12-10-6)8-5(13)2-3-7/h4H,2-3,7H2,1H3,(H,8,13)(H,9,10,11,12). The van der Waals surface area contributed by atoms with E-state index in [1.54, 1.807) is 6.92 Å². The Morgan fingerprint density at radius 2 is 2.54 bits per heavy atom. The highest BCUT2D eigenvalue weighted by Crippen LogP contribution is 2.02. The highest BCUT2D eigenvalue weighted by Gasteiger charge is 2.12. The quantitative estimate of drug-likeness (QED) is 0.540. The van der Waals surface area contributed by atoms with Crippen molar-refractivity contribution in [3.05, 3.63) is 5.82 Å². The first-order valence-electron chi connectivity index (χ1n) is 3.97. The number of aromatic amines is 1. The molecule has 1 atom stereocenters. The molecular weight excluding hydrogens is 172 g/mol. The number of nitrogens with two attached hydrogens (primary N) is 1. The number of nitrogens with zero attached hydrogens (tertiary/aromatic N) is 3. The average Bonchev–Trinajstić information content (AvgIpc) is 2.55. The van der Waals surface area contributed by atoms with Crippen molar-refractivity contribution in [1.82, 2.24) is 25.9 Å². The first kappa shape index (κ1) is 9.59. The number of hydrogen-bond acceptors (Lipinski definition) is 5. The maximum atomic E-state index is 11.1. The lowest BCUT2D eigenvalue weighted by atomic mass is 10.3. The summed E-state index contributed by atoms with van der Waals surface area (Å²) in [5.41, 5.74) is 5.21. The van der Waals surface area contributed by atoms with Crippen LogP contribution in [0.4, 0.5) is 0 Å². The Morgan fingerprint density at radius 1 is 1.77 bits per heavy atom. The molecule has 0 spiro atoms. The molecule has 0 aliphatic rings. The fourth-order valence-electron chi connectivity index (χ4n) is 0.862. The van der Waals surface area contributed by atoms with Gasteiger partial charge in [0, 0.05) is 13.0 Å². The normalized spacial score (nSPS) is 12.5. The minimum Gasteiger partial charge on any atom is -0.346 e. The molecule has 1 unspecified atom stereocenters. The van der Waals surface area contributed by atoms with Gasteiger partial charge in [0.1, 0.15) is 0 Å². The molecule has 1 amide bonds. The number of aromatic nitrogens is 4. The Balaban J connectivity index is 2.42. The Labute approximate surface area is 75.1 Å². The molecular formula is C6H12N6O. The molecule has 0 bridgehead atoms. The van der Waals surface area contributed by atoms with Gasteiger partial charge in [0.2, 0.25) is 5.91 Å². The van der Waals surface area contributed by atoms with Crippen molar-refractivity contribution in [2.45, 2.75) is 19.4 Å². The van der Waals surface area contributed by atoms with Crippen LogP contribution in [-0.2, 0) is 4.79 Å². The summed E-state index contributed by atoms with van der Waals surface area (Å²) in [4.78, 5) is 11.1. The number of rotatable bonds is 4. The fraction of sp³-hybridized carbons (Fsp3) is 0.667. The number of carbonyl (C=O) groups excluding carboxylic acids is 1. The van der Waals surface area contributed by atoms with Crippen LogP contribution in [0, 0.1) is 0 Å². The molecule has 1 rings (SSSR count). The molecule has 0 aliphatic heterocycles. The molecule has 4 N–H and O–H groups in total. The van der Waals surface area contributed by atoms with Crippen LogP contribution in [0.25, 0.3) is 0 Å². The topological polar surface area (TPSA) is 110 Å². The van der Waals surface area contributed by atoms with E-state index in [0.29, 0.717) is 18.8 Å². The molecule has 1 heterocycles. The van der Waals surface area contributed by atoms with E-state index >= 15 is 0 Å². The van der Waals surface area contributed by atoms with Crippen LogP contribution in [0.3, 0.4) is 0 Å². The Bertz CT molecular complexity index is 258. The highest BCUT2D eigenvalue weighted by atomic mass is 16.1. The van der Waals surface area contributed by atoms with Gasteiger partial charge in [0.15, 0.2) is 5.82 Å². The minimum absolute atomic E-state index is 0.111. The van der Waals surface area contributed by atoms with Gasteiger partial charge in [0.25, 0.3) is 0 Å². The molecule has 0 aromatic carbocycles. The van der Waals surface area contributed by atoms with E-state index in [4.69, 9.17) is 5.73 Å². The maximum Gasteiger partial charge on any atom is 0.221 e. The molecule has 72 valence electrons. The molecule has 1 aromatic heterocycles. The van der Waals surface area contributed by atoms with Crippen LogP contribution < -0.4 is 11.1 Å². The van der Waals surface area contributed by atoms with Gasteiger partial charge in [-0.2, -0.15) is 5.21 Å². The van der Waals surface area contributed by atoms with Gasteiger partial charge in [-0.15, -0.1) is 10.2 Å². The van der Waals surface area contributed by atoms with Crippen molar-refractivity contribution >= 4 is 5.91 Å². The second-order valence-electron chi connectivity index (χ2n) is 2.60. The van der Waals surface area contributed by atoms with Crippen LogP contribution >= 0.6 is 0 Å². The van der Waals surface area contributed by atoms with E-state index in [1.165, 1.54) is 0 Å². The first-order valence-corrected chi connectivity index (χ1v) is 3.97. The highest BCUT2D eigenvalue weighted by molar-refractivity contribution is 5.76. The van der Waals surface area contributed by atoms with Crippen molar-refractivity contribution in [3.8, 4) is 0 Å². The average molecular weight is 184 g/mol. The van der Waals surface area contributed by atoms with Crippen LogP contribution in [0.5, 0.6) is 0 Å². The van der Waals surface area contributed by atoms with Crippen LogP contribution in [0.1, 0.15) is 25.2 Å². The van der Waals surface area contributed by atoms with Crippen molar-refractivity contribution in [1.29, 1.82) is 0 Å². The molecule has 0 radical (unpaired) electrons. The zero-order chi connectivity index (χ0) is 9.68. The monoisotopic (exact) mass is 184 g/mol. The summed E-state index contributed by atoms with van der Waals surface area (Å²) in [5, 5.41) is 15.8. The summed E-state index contributed by atoms with van der Waals surface area (Å²) in [5.74, 6) is 0.352. The molecule has 13 heavy (non-hydrogen) atoms. The molecule has 0 fully saturated rings. The maximum absolute atomic E-state index is 11.1. The molecule has 7 heteroatoms. The largest absolute Gasteiger partial charge is 0.346 e. The van der Waals surface area contributed by atoms with Crippen LogP contribution in [-0.4, -0.2) is 33.1 Å². The third-order valence-electron chi connectivity index (χ3n) is 1.50. The van der Waals surface area contributed by atoms with E-state index in [9.17, 15) is 4.79 Å². The van der Waals surface area contributed by atoms with Gasteiger partial charge in [-0.25, -0.2) is 0 Å². The second kappa shape index (κ2) is 4.51. The van der Waals surface area contributed by atoms with E-state index < -0.39 is 0 Å². The van der Waals surface area contributed by atoms with Gasteiger partial charge >= 0.3 is 0 Å². The molecule has 0 saturated carbocycles. The lowest BCUT2D eigenvalue weighted by Crippen LogP contribution is -2.28. The zero-order valence-corrected chi connectivity index (χ0v) is 7.32. The molecule has 7 nitrogen and oxygen atoms in total. The molecule has 1 aromatic rings. The van der Waals surface area contributed by atoms with Crippen molar-refractivity contribution < 1.29 is 4.79 Å². The first-order chi connectivity index (χ1) is 6.24. The van der Waals surface area contributed by atoms with E-state index in [1.807, 2.05) is 0 Å². The van der Waals surface area contributed by atoms with E-state index in [0.717, 1.165) is 0 Å². The van der Waals surface area contributed by atoms with Crippen LogP contribution in [0.2, 0.25) is 0 Å². The van der Waals surface area contributed by atoms with Gasteiger partial charge in [-0.1, -0.05) is 5.21 Å². The van der Waals surface area contributed by atoms with Crippen molar-refractivity contribution in [3.63, 3.8) is 0 Å². The summed E-state index contributed by atoms with van der Waals surface area (Å²) < 4.78 is 0. The SMILES string of the molecule is CC(NC(=O)CCN)c1nn[nH]n1. The number of hydrogen-bond donors (Lipinski definition) is 3. The Hall–Kier alpha value is -1.50. The lowest BCUT2D eigenvalue weighted by Gasteiger charge is -2.08. The summed E-state index contributed by atoms with van der Waals surface area (Å²) in [7, 11) is 0. The Morgan fingerprint density at radius 3 is 3.08 bits per heavy atom. The number of nitrogens with one attached hydrogen (secondary N) is 2. The van der Waals surface area contributed by atoms with Gasteiger partial charge < -0.3 is 11.1 Å². The Kier molecular flexibility index (Phi) is 3.32. The number of amides is 1. The van der Waals surface area contributed by atoms with Gasteiger partial charge in [-0.3, -0.25) is 4.79 Å².